The summed E-state index contributed by atoms with van der Waals surface area (Å²) in [5.41, 5.74) is 6.52. The standard InChI is InChI=1S/C19H30N2O2/c1-5-23-16-13-19(20,18(16,3)4)17(22)21-14(2)11-12-15-9-7-6-8-10-15/h6-10,14,16H,5,11-13,20H2,1-4H3,(H,21,22). The van der Waals surface area contributed by atoms with Gasteiger partial charge in [0, 0.05) is 24.5 Å². The maximum Gasteiger partial charge on any atom is 0.241 e. The highest BCUT2D eigenvalue weighted by molar-refractivity contribution is 5.89. The summed E-state index contributed by atoms with van der Waals surface area (Å²) < 4.78 is 5.69. The van der Waals surface area contributed by atoms with Crippen molar-refractivity contribution in [1.29, 1.82) is 0 Å². The lowest BCUT2D eigenvalue weighted by Gasteiger charge is -2.57. The first-order valence-electron chi connectivity index (χ1n) is 8.56. The van der Waals surface area contributed by atoms with Gasteiger partial charge in [0.25, 0.3) is 0 Å². The van der Waals surface area contributed by atoms with E-state index < -0.39 is 5.54 Å². The molecule has 0 aromatic heterocycles. The van der Waals surface area contributed by atoms with Gasteiger partial charge in [-0.05, 0) is 32.3 Å². The van der Waals surface area contributed by atoms with E-state index in [2.05, 4.69) is 17.4 Å². The SMILES string of the molecule is CCOC1CC(N)(C(=O)NC(C)CCc2ccccc2)C1(C)C. The lowest BCUT2D eigenvalue weighted by Crippen LogP contribution is -2.76. The third-order valence-electron chi connectivity index (χ3n) is 5.32. The molecule has 1 fully saturated rings. The van der Waals surface area contributed by atoms with Gasteiger partial charge in [-0.2, -0.15) is 0 Å². The summed E-state index contributed by atoms with van der Waals surface area (Å²) in [6.45, 7) is 8.70. The quantitative estimate of drug-likeness (QED) is 0.812. The van der Waals surface area contributed by atoms with E-state index in [0.717, 1.165) is 12.8 Å². The Kier molecular flexibility index (Phi) is 5.48. The molecule has 0 spiro atoms. The van der Waals surface area contributed by atoms with Crippen molar-refractivity contribution >= 4 is 5.91 Å². The minimum atomic E-state index is -0.839. The highest BCUT2D eigenvalue weighted by atomic mass is 16.5. The normalized spacial score (nSPS) is 27.1. The number of rotatable bonds is 7. The number of hydrogen-bond acceptors (Lipinski definition) is 3. The van der Waals surface area contributed by atoms with Crippen LogP contribution in [-0.2, 0) is 16.0 Å². The van der Waals surface area contributed by atoms with Gasteiger partial charge < -0.3 is 15.8 Å². The van der Waals surface area contributed by atoms with Crippen LogP contribution in [0.5, 0.6) is 0 Å². The maximum absolute atomic E-state index is 12.6. The van der Waals surface area contributed by atoms with Crippen LogP contribution in [0.25, 0.3) is 0 Å². The van der Waals surface area contributed by atoms with E-state index in [-0.39, 0.29) is 23.5 Å². The number of carbonyl (C=O) groups is 1. The number of carbonyl (C=O) groups excluding carboxylic acids is 1. The van der Waals surface area contributed by atoms with Crippen molar-refractivity contribution in [2.24, 2.45) is 11.1 Å². The van der Waals surface area contributed by atoms with Crippen LogP contribution in [-0.4, -0.2) is 30.2 Å². The lowest BCUT2D eigenvalue weighted by molar-refractivity contribution is -0.171. The molecule has 23 heavy (non-hydrogen) atoms. The lowest BCUT2D eigenvalue weighted by atomic mass is 9.54. The summed E-state index contributed by atoms with van der Waals surface area (Å²) >= 11 is 0. The molecule has 0 radical (unpaired) electrons. The fourth-order valence-electron chi connectivity index (χ4n) is 3.27. The molecule has 2 rings (SSSR count). The zero-order chi connectivity index (χ0) is 17.1. The summed E-state index contributed by atoms with van der Waals surface area (Å²) in [6, 6.07) is 10.4. The van der Waals surface area contributed by atoms with Gasteiger partial charge >= 0.3 is 0 Å². The third kappa shape index (κ3) is 3.59. The Hall–Kier alpha value is -1.39. The number of benzene rings is 1. The van der Waals surface area contributed by atoms with Crippen LogP contribution < -0.4 is 11.1 Å². The molecule has 0 bridgehead atoms. The first kappa shape index (κ1) is 18.0. The summed E-state index contributed by atoms with van der Waals surface area (Å²) in [4.78, 5) is 12.6. The fourth-order valence-corrected chi connectivity index (χ4v) is 3.27. The zero-order valence-electron chi connectivity index (χ0n) is 14.8. The third-order valence-corrected chi connectivity index (χ3v) is 5.32. The van der Waals surface area contributed by atoms with Crippen molar-refractivity contribution < 1.29 is 9.53 Å². The van der Waals surface area contributed by atoms with Gasteiger partial charge in [-0.15, -0.1) is 0 Å². The Morgan fingerprint density at radius 1 is 1.39 bits per heavy atom. The van der Waals surface area contributed by atoms with Crippen LogP contribution in [0.4, 0.5) is 0 Å². The largest absolute Gasteiger partial charge is 0.378 e. The molecule has 3 unspecified atom stereocenters. The molecule has 1 aromatic carbocycles. The van der Waals surface area contributed by atoms with Crippen molar-refractivity contribution in [2.75, 3.05) is 6.61 Å². The molecule has 0 heterocycles. The molecule has 1 aromatic rings. The van der Waals surface area contributed by atoms with Crippen molar-refractivity contribution in [3.05, 3.63) is 35.9 Å². The molecular weight excluding hydrogens is 288 g/mol. The molecular formula is C19H30N2O2. The average molecular weight is 318 g/mol. The average Bonchev–Trinajstić information content (AvgIpc) is 2.53. The van der Waals surface area contributed by atoms with Crippen LogP contribution in [0, 0.1) is 5.41 Å². The van der Waals surface area contributed by atoms with E-state index in [0.29, 0.717) is 13.0 Å². The number of amides is 1. The number of hydrogen-bond donors (Lipinski definition) is 2. The molecule has 1 aliphatic rings. The summed E-state index contributed by atoms with van der Waals surface area (Å²) in [5.74, 6) is -0.0565. The van der Waals surface area contributed by atoms with Gasteiger partial charge in [-0.3, -0.25) is 4.79 Å². The smallest absolute Gasteiger partial charge is 0.241 e. The highest BCUT2D eigenvalue weighted by Gasteiger charge is 2.62. The van der Waals surface area contributed by atoms with Gasteiger partial charge in [0.1, 0.15) is 5.54 Å². The first-order valence-corrected chi connectivity index (χ1v) is 8.56. The van der Waals surface area contributed by atoms with Gasteiger partial charge in [-0.25, -0.2) is 0 Å². The molecule has 3 N–H and O–H groups in total. The molecule has 1 saturated carbocycles. The van der Waals surface area contributed by atoms with Gasteiger partial charge in [0.2, 0.25) is 5.91 Å². The molecule has 4 heteroatoms. The number of ether oxygens (including phenoxy) is 1. The fraction of sp³-hybridized carbons (Fsp3) is 0.632. The zero-order valence-corrected chi connectivity index (χ0v) is 14.8. The van der Waals surface area contributed by atoms with Crippen molar-refractivity contribution in [1.82, 2.24) is 5.32 Å². The van der Waals surface area contributed by atoms with Gasteiger partial charge in [0.05, 0.1) is 6.10 Å². The van der Waals surface area contributed by atoms with E-state index >= 15 is 0 Å². The number of aryl methyl sites for hydroxylation is 1. The summed E-state index contributed by atoms with van der Waals surface area (Å²) in [6.07, 6.45) is 2.50. The molecule has 1 aliphatic carbocycles. The van der Waals surface area contributed by atoms with Crippen molar-refractivity contribution in [3.63, 3.8) is 0 Å². The predicted octanol–water partition coefficient (Wildman–Crippen LogP) is 2.66. The van der Waals surface area contributed by atoms with E-state index in [4.69, 9.17) is 10.5 Å². The Labute approximate surface area is 139 Å². The van der Waals surface area contributed by atoms with E-state index in [1.807, 2.05) is 45.9 Å². The van der Waals surface area contributed by atoms with Crippen LogP contribution in [0.2, 0.25) is 0 Å². The number of nitrogens with one attached hydrogen (secondary N) is 1. The monoisotopic (exact) mass is 318 g/mol. The summed E-state index contributed by atoms with van der Waals surface area (Å²) in [7, 11) is 0. The Morgan fingerprint density at radius 2 is 2.04 bits per heavy atom. The van der Waals surface area contributed by atoms with Crippen molar-refractivity contribution in [3.8, 4) is 0 Å². The first-order chi connectivity index (χ1) is 10.8. The molecule has 128 valence electrons. The van der Waals surface area contributed by atoms with Gasteiger partial charge in [0.15, 0.2) is 0 Å². The molecule has 0 aliphatic heterocycles. The van der Waals surface area contributed by atoms with Crippen LogP contribution in [0.15, 0.2) is 30.3 Å². The topological polar surface area (TPSA) is 64.3 Å². The van der Waals surface area contributed by atoms with E-state index in [9.17, 15) is 4.79 Å². The Bertz CT molecular complexity index is 529. The molecule has 0 saturated heterocycles. The second-order valence-electron chi connectivity index (χ2n) is 7.24. The number of nitrogens with two attached hydrogens (primary N) is 1. The van der Waals surface area contributed by atoms with Gasteiger partial charge in [-0.1, -0.05) is 44.2 Å². The summed E-state index contributed by atoms with van der Waals surface area (Å²) in [5, 5.41) is 3.09. The second-order valence-corrected chi connectivity index (χ2v) is 7.24. The Morgan fingerprint density at radius 3 is 2.61 bits per heavy atom. The van der Waals surface area contributed by atoms with E-state index in [1.54, 1.807) is 0 Å². The van der Waals surface area contributed by atoms with Crippen LogP contribution >= 0.6 is 0 Å². The van der Waals surface area contributed by atoms with E-state index in [1.165, 1.54) is 5.56 Å². The maximum atomic E-state index is 12.6. The van der Waals surface area contributed by atoms with Crippen molar-refractivity contribution in [2.45, 2.75) is 64.6 Å². The highest BCUT2D eigenvalue weighted by Crippen LogP contribution is 2.49. The van der Waals surface area contributed by atoms with Crippen LogP contribution in [0.1, 0.15) is 46.1 Å². The predicted molar refractivity (Wildman–Crippen MR) is 93.1 cm³/mol. The van der Waals surface area contributed by atoms with Crippen LogP contribution in [0.3, 0.4) is 0 Å². The Balaban J connectivity index is 1.86. The minimum Gasteiger partial charge on any atom is -0.378 e. The second kappa shape index (κ2) is 7.02. The molecule has 1 amide bonds. The minimum absolute atomic E-state index is 0.0565. The molecule has 3 atom stereocenters. The molecule has 4 nitrogen and oxygen atoms in total.